The summed E-state index contributed by atoms with van der Waals surface area (Å²) in [5, 5.41) is 17.5. The van der Waals surface area contributed by atoms with Gasteiger partial charge in [-0.3, -0.25) is 0 Å². The van der Waals surface area contributed by atoms with Crippen LogP contribution >= 0.6 is 0 Å². The number of benzene rings is 9. The Balaban J connectivity index is 0.887. The summed E-state index contributed by atoms with van der Waals surface area (Å²) in [6.07, 6.45) is 0. The third kappa shape index (κ3) is 8.33. The van der Waals surface area contributed by atoms with Crippen molar-refractivity contribution in [2.45, 2.75) is 0 Å². The highest BCUT2D eigenvalue weighted by atomic mass is 16.4. The molecule has 0 unspecified atom stereocenters. The Hall–Kier alpha value is -9.80. The van der Waals surface area contributed by atoms with Gasteiger partial charge >= 0.3 is 0 Å². The zero-order valence-electron chi connectivity index (χ0n) is 37.5. The van der Waals surface area contributed by atoms with Crippen LogP contribution < -0.4 is 9.80 Å². The van der Waals surface area contributed by atoms with Crippen LogP contribution in [0.1, 0.15) is 0 Å². The standard InChI is InChI=1S/C60H40N8O2/c1-5-17-43(18-6-1)57-63-65-59(69-57)45-21-15-27-51(39-45)67(47-23-9-3-10-24-47)49-35-31-41(32-36-49)55-56(62-54-30-14-13-29-53(54)61-55)42-33-37-50(38-34-42)68(48-25-11-4-12-26-48)52-28-16-22-46(40-52)60-66-64-58(70-60)44-19-7-2-8-20-44/h1-40H. The topological polar surface area (TPSA) is 110 Å². The predicted octanol–water partition coefficient (Wildman–Crippen LogP) is 15.3. The van der Waals surface area contributed by atoms with E-state index in [2.05, 4.69) is 127 Å². The molecule has 0 atom stereocenters. The average molecular weight is 905 g/mol. The minimum Gasteiger partial charge on any atom is -0.416 e. The summed E-state index contributed by atoms with van der Waals surface area (Å²) in [7, 11) is 0. The Morgan fingerprint density at radius 3 is 0.929 bits per heavy atom. The molecule has 0 amide bonds. The summed E-state index contributed by atoms with van der Waals surface area (Å²) in [6.45, 7) is 0. The van der Waals surface area contributed by atoms with E-state index >= 15 is 0 Å². The Morgan fingerprint density at radius 1 is 0.243 bits per heavy atom. The van der Waals surface area contributed by atoms with Crippen LogP contribution in [0.25, 0.3) is 79.4 Å². The van der Waals surface area contributed by atoms with Gasteiger partial charge in [0, 0.05) is 67.5 Å². The Morgan fingerprint density at radius 2 is 0.543 bits per heavy atom. The largest absolute Gasteiger partial charge is 0.416 e. The Labute approximate surface area is 403 Å². The molecule has 0 aliphatic rings. The molecule has 3 aromatic heterocycles. The number of fused-ring (bicyclic) bond motifs is 1. The normalized spacial score (nSPS) is 11.1. The molecule has 0 bridgehead atoms. The zero-order valence-corrected chi connectivity index (χ0v) is 37.5. The van der Waals surface area contributed by atoms with Crippen LogP contribution in [0.4, 0.5) is 34.1 Å². The van der Waals surface area contributed by atoms with E-state index in [-0.39, 0.29) is 0 Å². The molecule has 3 heterocycles. The van der Waals surface area contributed by atoms with E-state index in [1.165, 1.54) is 0 Å². The summed E-state index contributed by atoms with van der Waals surface area (Å²) >= 11 is 0. The molecular weight excluding hydrogens is 865 g/mol. The van der Waals surface area contributed by atoms with Crippen molar-refractivity contribution >= 4 is 45.2 Å². The molecule has 9 aromatic carbocycles. The van der Waals surface area contributed by atoms with Crippen LogP contribution in [-0.2, 0) is 0 Å². The molecule has 0 spiro atoms. The smallest absolute Gasteiger partial charge is 0.248 e. The van der Waals surface area contributed by atoms with Crippen molar-refractivity contribution in [3.8, 4) is 68.3 Å². The number of rotatable bonds is 12. The summed E-state index contributed by atoms with van der Waals surface area (Å²) in [5.41, 5.74) is 14.2. The van der Waals surface area contributed by atoms with Crippen molar-refractivity contribution in [1.82, 2.24) is 30.4 Å². The van der Waals surface area contributed by atoms with Crippen LogP contribution in [0.5, 0.6) is 0 Å². The van der Waals surface area contributed by atoms with Gasteiger partial charge in [0.1, 0.15) is 0 Å². The molecule has 10 heteroatoms. The first-order valence-corrected chi connectivity index (χ1v) is 22.9. The molecule has 0 N–H and O–H groups in total. The van der Waals surface area contributed by atoms with Gasteiger partial charge in [0.15, 0.2) is 0 Å². The third-order valence-corrected chi connectivity index (χ3v) is 12.0. The monoisotopic (exact) mass is 904 g/mol. The fourth-order valence-corrected chi connectivity index (χ4v) is 8.62. The zero-order chi connectivity index (χ0) is 46.6. The first-order valence-electron chi connectivity index (χ1n) is 22.9. The van der Waals surface area contributed by atoms with Crippen LogP contribution in [-0.4, -0.2) is 30.4 Å². The summed E-state index contributed by atoms with van der Waals surface area (Å²) in [6, 6.07) is 81.5. The lowest BCUT2D eigenvalue weighted by Crippen LogP contribution is -2.10. The predicted molar refractivity (Wildman–Crippen MR) is 277 cm³/mol. The number of para-hydroxylation sites is 4. The fourth-order valence-electron chi connectivity index (χ4n) is 8.62. The maximum Gasteiger partial charge on any atom is 0.248 e. The molecule has 0 radical (unpaired) electrons. The highest BCUT2D eigenvalue weighted by Gasteiger charge is 2.20. The Kier molecular flexibility index (Phi) is 11.0. The molecule has 0 aliphatic carbocycles. The van der Waals surface area contributed by atoms with E-state index < -0.39 is 0 Å². The van der Waals surface area contributed by atoms with Gasteiger partial charge in [0.05, 0.1) is 22.4 Å². The van der Waals surface area contributed by atoms with Crippen molar-refractivity contribution < 1.29 is 8.83 Å². The second-order valence-corrected chi connectivity index (χ2v) is 16.5. The summed E-state index contributed by atoms with van der Waals surface area (Å²) < 4.78 is 12.3. The molecule has 12 rings (SSSR count). The van der Waals surface area contributed by atoms with E-state index in [9.17, 15) is 0 Å². The average Bonchev–Trinajstić information content (AvgIpc) is 4.15. The van der Waals surface area contributed by atoms with Crippen molar-refractivity contribution in [2.24, 2.45) is 0 Å². The van der Waals surface area contributed by atoms with E-state index in [1.807, 2.05) is 146 Å². The van der Waals surface area contributed by atoms with Gasteiger partial charge in [-0.05, 0) is 121 Å². The molecule has 12 aromatic rings. The van der Waals surface area contributed by atoms with Gasteiger partial charge in [-0.2, -0.15) is 0 Å². The van der Waals surface area contributed by atoms with Gasteiger partial charge in [0.2, 0.25) is 23.6 Å². The number of hydrogen-bond acceptors (Lipinski definition) is 10. The van der Waals surface area contributed by atoms with Crippen LogP contribution in [0.15, 0.2) is 251 Å². The van der Waals surface area contributed by atoms with E-state index in [0.29, 0.717) is 23.6 Å². The van der Waals surface area contributed by atoms with E-state index in [1.54, 1.807) is 0 Å². The third-order valence-electron chi connectivity index (χ3n) is 12.0. The van der Waals surface area contributed by atoms with Crippen LogP contribution in [0.2, 0.25) is 0 Å². The molecule has 0 fully saturated rings. The molecule has 0 saturated carbocycles. The highest BCUT2D eigenvalue weighted by Crippen LogP contribution is 2.41. The lowest BCUT2D eigenvalue weighted by Gasteiger charge is -2.26. The maximum absolute atomic E-state index is 6.17. The molecular formula is C60H40N8O2. The van der Waals surface area contributed by atoms with Crippen molar-refractivity contribution in [2.75, 3.05) is 9.80 Å². The first kappa shape index (κ1) is 41.6. The molecule has 70 heavy (non-hydrogen) atoms. The molecule has 0 saturated heterocycles. The Bertz CT molecular complexity index is 3470. The van der Waals surface area contributed by atoms with Gasteiger partial charge < -0.3 is 18.6 Å². The number of aromatic nitrogens is 6. The van der Waals surface area contributed by atoms with Gasteiger partial charge in [0.25, 0.3) is 0 Å². The number of anilines is 6. The first-order chi connectivity index (χ1) is 34.7. The summed E-state index contributed by atoms with van der Waals surface area (Å²) in [4.78, 5) is 15.0. The van der Waals surface area contributed by atoms with Crippen molar-refractivity contribution in [3.05, 3.63) is 243 Å². The minimum absolute atomic E-state index is 0.444. The van der Waals surface area contributed by atoms with Gasteiger partial charge in [-0.25, -0.2) is 9.97 Å². The van der Waals surface area contributed by atoms with Gasteiger partial charge in [-0.15, -0.1) is 20.4 Å². The highest BCUT2D eigenvalue weighted by molar-refractivity contribution is 5.89. The van der Waals surface area contributed by atoms with Crippen molar-refractivity contribution in [1.29, 1.82) is 0 Å². The number of hydrogen-bond donors (Lipinski definition) is 0. The second kappa shape index (κ2) is 18.5. The van der Waals surface area contributed by atoms with Crippen molar-refractivity contribution in [3.63, 3.8) is 0 Å². The second-order valence-electron chi connectivity index (χ2n) is 16.5. The van der Waals surface area contributed by atoms with E-state index in [4.69, 9.17) is 18.8 Å². The number of nitrogens with zero attached hydrogens (tertiary/aromatic N) is 8. The fraction of sp³-hybridized carbons (Fsp3) is 0. The van der Waals surface area contributed by atoms with E-state index in [0.717, 1.165) is 89.9 Å². The minimum atomic E-state index is 0.444. The van der Waals surface area contributed by atoms with Crippen LogP contribution in [0, 0.1) is 0 Å². The SMILES string of the molecule is c1ccc(-c2nnc(-c3cccc(N(c4ccccc4)c4ccc(-c5nc6ccccc6nc5-c5ccc(N(c6ccccc6)c6cccc(-c7nnc(-c8ccccc8)o7)c6)cc5)cc4)c3)o2)cc1. The molecule has 0 aliphatic heterocycles. The maximum atomic E-state index is 6.17. The lowest BCUT2D eigenvalue weighted by molar-refractivity contribution is 0.584. The lowest BCUT2D eigenvalue weighted by atomic mass is 10.0. The van der Waals surface area contributed by atoms with Gasteiger partial charge in [-0.1, -0.05) is 121 Å². The molecule has 10 nitrogen and oxygen atoms in total. The summed E-state index contributed by atoms with van der Waals surface area (Å²) in [5.74, 6) is 1.83. The quantitative estimate of drug-likeness (QED) is 0.117. The van der Waals surface area contributed by atoms with Crippen LogP contribution in [0.3, 0.4) is 0 Å². The molecule has 332 valence electrons.